The van der Waals surface area contributed by atoms with Crippen LogP contribution in [0.3, 0.4) is 0 Å². The molecule has 0 saturated carbocycles. The molecule has 0 radical (unpaired) electrons. The number of aromatic nitrogens is 2. The number of carbonyl (C=O) groups is 1. The lowest BCUT2D eigenvalue weighted by atomic mass is 10.1. The molecule has 1 N–H and O–H groups in total. The number of rotatable bonds is 3. The molecule has 0 bridgehead atoms. The highest BCUT2D eigenvalue weighted by Gasteiger charge is 2.16. The third-order valence-electron chi connectivity index (χ3n) is 2.05. The summed E-state index contributed by atoms with van der Waals surface area (Å²) in [6.45, 7) is 0. The maximum Gasteiger partial charge on any atom is 0.357 e. The summed E-state index contributed by atoms with van der Waals surface area (Å²) in [4.78, 5) is 10.9. The van der Waals surface area contributed by atoms with Gasteiger partial charge in [-0.05, 0) is 24.3 Å². The summed E-state index contributed by atoms with van der Waals surface area (Å²) < 4.78 is 12.7. The van der Waals surface area contributed by atoms with Crippen molar-refractivity contribution in [3.8, 4) is 17.0 Å². The van der Waals surface area contributed by atoms with Gasteiger partial charge in [0.2, 0.25) is 0 Å². The van der Waals surface area contributed by atoms with Gasteiger partial charge in [0, 0.05) is 5.56 Å². The monoisotopic (exact) mass is 236 g/mol. The Morgan fingerprint density at radius 2 is 2.00 bits per heavy atom. The number of hydrogen-bond donors (Lipinski definition) is 1. The molecular formula is C10H8N2O3S. The summed E-state index contributed by atoms with van der Waals surface area (Å²) in [6, 6.07) is 7.00. The van der Waals surface area contributed by atoms with E-state index < -0.39 is 5.97 Å². The van der Waals surface area contributed by atoms with Crippen molar-refractivity contribution in [2.24, 2.45) is 0 Å². The Morgan fingerprint density at radius 3 is 2.56 bits per heavy atom. The van der Waals surface area contributed by atoms with Crippen LogP contribution in [0.4, 0.5) is 0 Å². The van der Waals surface area contributed by atoms with Crippen molar-refractivity contribution >= 4 is 17.7 Å². The molecule has 0 aliphatic heterocycles. The fourth-order valence-electron chi connectivity index (χ4n) is 1.27. The average Bonchev–Trinajstić information content (AvgIpc) is 2.78. The molecule has 16 heavy (non-hydrogen) atoms. The van der Waals surface area contributed by atoms with E-state index in [0.29, 0.717) is 17.0 Å². The first-order valence-electron chi connectivity index (χ1n) is 4.42. The third kappa shape index (κ3) is 1.87. The first-order valence-corrected chi connectivity index (χ1v) is 5.15. The molecule has 1 heterocycles. The summed E-state index contributed by atoms with van der Waals surface area (Å²) in [7, 11) is 1.57. The molecule has 2 rings (SSSR count). The van der Waals surface area contributed by atoms with Gasteiger partial charge in [0.05, 0.1) is 18.8 Å². The van der Waals surface area contributed by atoms with Crippen molar-refractivity contribution in [3.05, 3.63) is 30.0 Å². The fourth-order valence-corrected chi connectivity index (χ4v) is 1.83. The van der Waals surface area contributed by atoms with E-state index in [1.807, 2.05) is 0 Å². The number of carboxylic acid groups (broad SMARTS) is 1. The predicted molar refractivity (Wildman–Crippen MR) is 58.9 cm³/mol. The quantitative estimate of drug-likeness (QED) is 0.881. The van der Waals surface area contributed by atoms with Gasteiger partial charge in [0.15, 0.2) is 5.69 Å². The summed E-state index contributed by atoms with van der Waals surface area (Å²) in [5, 5.41) is 8.90. The fraction of sp³-hybridized carbons (Fsp3) is 0.100. The molecular weight excluding hydrogens is 228 g/mol. The largest absolute Gasteiger partial charge is 0.497 e. The highest BCUT2D eigenvalue weighted by molar-refractivity contribution is 6.99. The van der Waals surface area contributed by atoms with Crippen LogP contribution in [-0.2, 0) is 0 Å². The zero-order chi connectivity index (χ0) is 11.5. The molecule has 0 aliphatic rings. The van der Waals surface area contributed by atoms with Gasteiger partial charge in [0.25, 0.3) is 0 Å². The number of nitrogens with zero attached hydrogens (tertiary/aromatic N) is 2. The van der Waals surface area contributed by atoms with Crippen LogP contribution < -0.4 is 4.74 Å². The van der Waals surface area contributed by atoms with E-state index in [2.05, 4.69) is 8.75 Å². The topological polar surface area (TPSA) is 72.3 Å². The summed E-state index contributed by atoms with van der Waals surface area (Å²) in [5.41, 5.74) is 1.09. The highest BCUT2D eigenvalue weighted by atomic mass is 32.1. The van der Waals surface area contributed by atoms with Gasteiger partial charge < -0.3 is 9.84 Å². The van der Waals surface area contributed by atoms with Gasteiger partial charge in [-0.3, -0.25) is 0 Å². The van der Waals surface area contributed by atoms with Crippen molar-refractivity contribution in [1.29, 1.82) is 0 Å². The molecule has 0 saturated heterocycles. The van der Waals surface area contributed by atoms with E-state index in [4.69, 9.17) is 9.84 Å². The molecule has 1 aromatic carbocycles. The number of benzene rings is 1. The third-order valence-corrected chi connectivity index (χ3v) is 2.58. The SMILES string of the molecule is COc1ccc(-c2nsnc2C(=O)O)cc1. The minimum Gasteiger partial charge on any atom is -0.497 e. The minimum absolute atomic E-state index is 0.0184. The van der Waals surface area contributed by atoms with Crippen LogP contribution in [-0.4, -0.2) is 26.9 Å². The lowest BCUT2D eigenvalue weighted by Gasteiger charge is -2.01. The van der Waals surface area contributed by atoms with E-state index in [9.17, 15) is 4.79 Å². The molecule has 0 unspecified atom stereocenters. The normalized spacial score (nSPS) is 10.1. The standard InChI is InChI=1S/C10H8N2O3S/c1-15-7-4-2-6(3-5-7)8-9(10(13)14)12-16-11-8/h2-5H,1H3,(H,13,14). The maximum atomic E-state index is 10.9. The molecule has 0 aliphatic carbocycles. The van der Waals surface area contributed by atoms with E-state index in [1.54, 1.807) is 31.4 Å². The second kappa shape index (κ2) is 4.28. The molecule has 0 atom stereocenters. The van der Waals surface area contributed by atoms with E-state index in [-0.39, 0.29) is 5.69 Å². The Hall–Kier alpha value is -1.95. The van der Waals surface area contributed by atoms with Crippen LogP contribution in [0.25, 0.3) is 11.3 Å². The average molecular weight is 236 g/mol. The zero-order valence-electron chi connectivity index (χ0n) is 8.38. The molecule has 6 heteroatoms. The Kier molecular flexibility index (Phi) is 2.82. The minimum atomic E-state index is -1.07. The lowest BCUT2D eigenvalue weighted by Crippen LogP contribution is -1.98. The number of ether oxygens (including phenoxy) is 1. The van der Waals surface area contributed by atoms with Crippen LogP contribution in [0, 0.1) is 0 Å². The Labute approximate surface area is 95.6 Å². The highest BCUT2D eigenvalue weighted by Crippen LogP contribution is 2.24. The smallest absolute Gasteiger partial charge is 0.357 e. The van der Waals surface area contributed by atoms with Crippen LogP contribution in [0.2, 0.25) is 0 Å². The van der Waals surface area contributed by atoms with Crippen molar-refractivity contribution in [2.45, 2.75) is 0 Å². The van der Waals surface area contributed by atoms with E-state index in [0.717, 1.165) is 11.7 Å². The Morgan fingerprint density at radius 1 is 1.31 bits per heavy atom. The second-order valence-corrected chi connectivity index (χ2v) is 3.52. The van der Waals surface area contributed by atoms with Gasteiger partial charge in [-0.15, -0.1) is 0 Å². The van der Waals surface area contributed by atoms with Gasteiger partial charge in [-0.2, -0.15) is 8.75 Å². The van der Waals surface area contributed by atoms with Crippen LogP contribution in [0.5, 0.6) is 5.75 Å². The van der Waals surface area contributed by atoms with E-state index in [1.165, 1.54) is 0 Å². The van der Waals surface area contributed by atoms with Gasteiger partial charge in [-0.1, -0.05) is 0 Å². The molecule has 2 aromatic rings. The van der Waals surface area contributed by atoms with Crippen molar-refractivity contribution < 1.29 is 14.6 Å². The van der Waals surface area contributed by atoms with Crippen LogP contribution in [0.1, 0.15) is 10.5 Å². The summed E-state index contributed by atoms with van der Waals surface area (Å²) in [5.74, 6) is -0.358. The predicted octanol–water partition coefficient (Wildman–Crippen LogP) is 1.91. The molecule has 5 nitrogen and oxygen atoms in total. The van der Waals surface area contributed by atoms with Crippen molar-refractivity contribution in [1.82, 2.24) is 8.75 Å². The number of carboxylic acids is 1. The van der Waals surface area contributed by atoms with Gasteiger partial charge in [0.1, 0.15) is 11.4 Å². The first-order chi connectivity index (χ1) is 7.72. The molecule has 0 amide bonds. The summed E-state index contributed by atoms with van der Waals surface area (Å²) >= 11 is 0.887. The summed E-state index contributed by atoms with van der Waals surface area (Å²) in [6.07, 6.45) is 0. The van der Waals surface area contributed by atoms with Crippen LogP contribution in [0.15, 0.2) is 24.3 Å². The van der Waals surface area contributed by atoms with Crippen molar-refractivity contribution in [2.75, 3.05) is 7.11 Å². The molecule has 0 fully saturated rings. The first kappa shape index (κ1) is 10.6. The number of aromatic carboxylic acids is 1. The molecule has 82 valence electrons. The van der Waals surface area contributed by atoms with Gasteiger partial charge in [-0.25, -0.2) is 4.79 Å². The molecule has 1 aromatic heterocycles. The van der Waals surface area contributed by atoms with Gasteiger partial charge >= 0.3 is 5.97 Å². The maximum absolute atomic E-state index is 10.9. The van der Waals surface area contributed by atoms with Crippen molar-refractivity contribution in [3.63, 3.8) is 0 Å². The Balaban J connectivity index is 2.42. The number of methoxy groups -OCH3 is 1. The second-order valence-electron chi connectivity index (χ2n) is 3.00. The Bertz CT molecular complexity index is 507. The lowest BCUT2D eigenvalue weighted by molar-refractivity contribution is 0.0692. The number of hydrogen-bond acceptors (Lipinski definition) is 5. The van der Waals surface area contributed by atoms with E-state index >= 15 is 0 Å². The van der Waals surface area contributed by atoms with Crippen LogP contribution >= 0.6 is 11.7 Å². The molecule has 0 spiro atoms. The zero-order valence-corrected chi connectivity index (χ0v) is 9.19.